The van der Waals surface area contributed by atoms with Crippen molar-refractivity contribution in [3.05, 3.63) is 59.7 Å². The van der Waals surface area contributed by atoms with Gasteiger partial charge in [0, 0.05) is 0 Å². The van der Waals surface area contributed by atoms with Crippen LogP contribution in [-0.4, -0.2) is 40.5 Å². The molecule has 1 atom stereocenters. The molecule has 26 heavy (non-hydrogen) atoms. The summed E-state index contributed by atoms with van der Waals surface area (Å²) in [6, 6.07) is 13.3. The number of hydrogen-bond donors (Lipinski definition) is 4. The first-order valence-electron chi connectivity index (χ1n) is 7.46. The molecule has 0 fully saturated rings. The molecule has 0 aliphatic carbocycles. The molecule has 8 nitrogen and oxygen atoms in total. The molecular weight excluding hydrogens is 405 g/mol. The van der Waals surface area contributed by atoms with E-state index in [1.807, 2.05) is 31.2 Å². The summed E-state index contributed by atoms with van der Waals surface area (Å²) in [5.74, 6) is -1.16. The maximum absolute atomic E-state index is 11.4. The minimum absolute atomic E-state index is 0.103. The van der Waals surface area contributed by atoms with E-state index < -0.39 is 20.1 Å². The third-order valence-corrected chi connectivity index (χ3v) is 5.79. The van der Waals surface area contributed by atoms with Gasteiger partial charge in [-0.2, -0.15) is 0 Å². The van der Waals surface area contributed by atoms with Crippen molar-refractivity contribution in [1.29, 1.82) is 0 Å². The van der Waals surface area contributed by atoms with Crippen LogP contribution in [-0.2, 0) is 23.6 Å². The first-order chi connectivity index (χ1) is 12.2. The van der Waals surface area contributed by atoms with Crippen molar-refractivity contribution in [3.63, 3.8) is 0 Å². The fourth-order valence-electron chi connectivity index (χ4n) is 2.03. The van der Waals surface area contributed by atoms with Gasteiger partial charge in [-0.05, 0) is 18.1 Å². The van der Waals surface area contributed by atoms with Crippen molar-refractivity contribution in [3.8, 4) is 0 Å². The average molecular weight is 425 g/mol. The normalized spacial score (nSPS) is 12.3. The van der Waals surface area contributed by atoms with Crippen LogP contribution >= 0.6 is 0 Å². The van der Waals surface area contributed by atoms with E-state index in [2.05, 4.69) is 9.19 Å². The molecule has 0 heterocycles. The van der Waals surface area contributed by atoms with Crippen molar-refractivity contribution < 1.29 is 31.7 Å². The van der Waals surface area contributed by atoms with Gasteiger partial charge in [0.05, 0.1) is 6.42 Å². The van der Waals surface area contributed by atoms with Crippen LogP contribution in [0.15, 0.2) is 48.5 Å². The number of carboxylic acid groups (broad SMARTS) is 1. The Bertz CT molecular complexity index is 822. The quantitative estimate of drug-likeness (QED) is 0.323. The number of amides is 1. The second-order valence-electron chi connectivity index (χ2n) is 5.30. The van der Waals surface area contributed by atoms with Crippen molar-refractivity contribution in [2.24, 2.45) is 0 Å². The maximum atomic E-state index is 11.4. The van der Waals surface area contributed by atoms with E-state index in [0.717, 1.165) is 11.1 Å². The van der Waals surface area contributed by atoms with E-state index in [0.29, 0.717) is 0 Å². The third kappa shape index (κ3) is 6.85. The first kappa shape index (κ1) is 21.7. The largest absolute Gasteiger partial charge is 0.481 e. The smallest absolute Gasteiger partial charge is 0.307 e. The van der Waals surface area contributed by atoms with Crippen molar-refractivity contribution in [2.75, 3.05) is 5.32 Å². The van der Waals surface area contributed by atoms with E-state index in [-0.39, 0.29) is 22.4 Å². The van der Waals surface area contributed by atoms with E-state index in [1.54, 1.807) is 6.07 Å². The fraction of sp³-hybridized carbons (Fsp3) is 0.176. The molecule has 0 spiro atoms. The summed E-state index contributed by atoms with van der Waals surface area (Å²) in [5, 5.41) is 19.2. The molecule has 2 aromatic rings. The van der Waals surface area contributed by atoms with Gasteiger partial charge < -0.3 is 5.11 Å². The van der Waals surface area contributed by atoms with Crippen LogP contribution in [0.2, 0.25) is 0 Å². The van der Waals surface area contributed by atoms with Crippen LogP contribution in [0.3, 0.4) is 0 Å². The zero-order valence-corrected chi connectivity index (χ0v) is 16.1. The molecule has 4 N–H and O–H groups in total. The predicted molar refractivity (Wildman–Crippen MR) is 95.3 cm³/mol. The molecule has 0 radical (unpaired) electrons. The molecule has 140 valence electrons. The molecule has 0 aliphatic heterocycles. The van der Waals surface area contributed by atoms with Crippen LogP contribution < -0.4 is 9.67 Å². The average Bonchev–Trinajstić information content (AvgIpc) is 2.57. The van der Waals surface area contributed by atoms with Crippen LogP contribution in [0.25, 0.3) is 0 Å². The van der Waals surface area contributed by atoms with Gasteiger partial charge in [-0.25, -0.2) is 0 Å². The summed E-state index contributed by atoms with van der Waals surface area (Å²) < 4.78 is 24.1. The summed E-state index contributed by atoms with van der Waals surface area (Å²) in [4.78, 5) is 21.1. The maximum Gasteiger partial charge on any atom is 0.307 e. The number of rotatable bonds is 5. The van der Waals surface area contributed by atoms with Gasteiger partial charge in [-0.1, -0.05) is 24.3 Å². The van der Waals surface area contributed by atoms with Crippen LogP contribution in [0.5, 0.6) is 0 Å². The van der Waals surface area contributed by atoms with Gasteiger partial charge in [-0.15, -0.1) is 0 Å². The Kier molecular flexibility index (Phi) is 8.28. The SMILES string of the molecule is CC(=O)Nc1ccccc1[As](=O)(O)OO.Cc1ccccc1CC(=O)O. The van der Waals surface area contributed by atoms with Crippen molar-refractivity contribution in [1.82, 2.24) is 0 Å². The van der Waals surface area contributed by atoms with Crippen LogP contribution in [0, 0.1) is 6.92 Å². The molecule has 0 aromatic heterocycles. The number of aliphatic carboxylic acids is 1. The Balaban J connectivity index is 0.000000273. The molecule has 2 rings (SSSR count). The summed E-state index contributed by atoms with van der Waals surface area (Å²) in [7, 11) is 0. The minimum Gasteiger partial charge on any atom is -0.481 e. The summed E-state index contributed by atoms with van der Waals surface area (Å²) in [6.07, 6.45) is 0.118. The number of aryl methyl sites for hydroxylation is 1. The van der Waals surface area contributed by atoms with Gasteiger partial charge in [-0.3, -0.25) is 4.79 Å². The number of carbonyl (C=O) groups is 2. The second-order valence-corrected chi connectivity index (χ2v) is 8.83. The van der Waals surface area contributed by atoms with Gasteiger partial charge in [0.1, 0.15) is 0 Å². The topological polar surface area (TPSA) is 133 Å². The Morgan fingerprint density at radius 3 is 2.23 bits per heavy atom. The molecular formula is C17H20AsNO7. The summed E-state index contributed by atoms with van der Waals surface area (Å²) in [5.41, 5.74) is 2.08. The predicted octanol–water partition coefficient (Wildman–Crippen LogP) is 1.33. The van der Waals surface area contributed by atoms with Gasteiger partial charge in [0.2, 0.25) is 0 Å². The first-order valence-corrected chi connectivity index (χ1v) is 10.8. The number of para-hydroxylation sites is 1. The van der Waals surface area contributed by atoms with Crippen LogP contribution in [0.1, 0.15) is 18.1 Å². The number of nitrogens with one attached hydrogen (secondary N) is 1. The molecule has 2 aromatic carbocycles. The second kappa shape index (κ2) is 9.94. The molecule has 0 saturated heterocycles. The standard InChI is InChI=1S/C9H10O2.C8H10AsNO5/c1-7-4-2-3-5-8(7)6-9(10)11;1-6(11)10-8-5-3-2-4-7(8)9(12,13)15-14/h2-5H,6H2,1H3,(H,10,11);2-5,14H,1H3,(H,10,11)(H,12,13). The fourth-order valence-corrected chi connectivity index (χ4v) is 3.70. The minimum atomic E-state index is -4.92. The number of carbonyl (C=O) groups excluding carboxylic acids is 1. The van der Waals surface area contributed by atoms with Crippen molar-refractivity contribution in [2.45, 2.75) is 20.3 Å². The van der Waals surface area contributed by atoms with Gasteiger partial charge >= 0.3 is 94.4 Å². The van der Waals surface area contributed by atoms with E-state index in [4.69, 9.17) is 10.4 Å². The van der Waals surface area contributed by atoms with E-state index in [9.17, 15) is 17.4 Å². The number of benzene rings is 2. The van der Waals surface area contributed by atoms with Gasteiger partial charge in [0.25, 0.3) is 0 Å². The Morgan fingerprint density at radius 2 is 1.69 bits per heavy atom. The number of anilines is 1. The number of hydrogen-bond acceptors (Lipinski definition) is 5. The Hall–Kier alpha value is -2.38. The number of carboxylic acids is 1. The molecule has 0 bridgehead atoms. The molecule has 1 amide bonds. The van der Waals surface area contributed by atoms with Crippen molar-refractivity contribution >= 4 is 36.1 Å². The van der Waals surface area contributed by atoms with E-state index >= 15 is 0 Å². The molecule has 9 heteroatoms. The Morgan fingerprint density at radius 1 is 1.12 bits per heavy atom. The summed E-state index contributed by atoms with van der Waals surface area (Å²) >= 11 is -4.92. The Labute approximate surface area is 153 Å². The third-order valence-electron chi connectivity index (χ3n) is 3.23. The van der Waals surface area contributed by atoms with Crippen LogP contribution in [0.4, 0.5) is 5.69 Å². The summed E-state index contributed by atoms with van der Waals surface area (Å²) in [6.45, 7) is 3.18. The molecule has 1 unspecified atom stereocenters. The van der Waals surface area contributed by atoms with Gasteiger partial charge in [0.15, 0.2) is 0 Å². The molecule has 0 aliphatic rings. The monoisotopic (exact) mass is 425 g/mol. The zero-order valence-electron chi connectivity index (χ0n) is 14.2. The zero-order chi connectivity index (χ0) is 19.7. The molecule has 0 saturated carbocycles. The van der Waals surface area contributed by atoms with E-state index in [1.165, 1.54) is 25.1 Å².